The summed E-state index contributed by atoms with van der Waals surface area (Å²) in [5, 5.41) is 6.69. The Balaban J connectivity index is 1.66. The van der Waals surface area contributed by atoms with Crippen molar-refractivity contribution in [1.29, 1.82) is 0 Å². The summed E-state index contributed by atoms with van der Waals surface area (Å²) >= 11 is 5.86. The zero-order valence-corrected chi connectivity index (χ0v) is 16.3. The Morgan fingerprint density at radius 3 is 2.43 bits per heavy atom. The van der Waals surface area contributed by atoms with Crippen molar-refractivity contribution in [2.45, 2.75) is 6.54 Å². The van der Waals surface area contributed by atoms with Gasteiger partial charge in [-0.2, -0.15) is 0 Å². The molecule has 1 heterocycles. The maximum Gasteiger partial charge on any atom is 0.274 e. The highest BCUT2D eigenvalue weighted by Gasteiger charge is 2.09. The molecule has 0 aliphatic rings. The topological polar surface area (TPSA) is 72.5 Å². The molecule has 3 rings (SSSR count). The van der Waals surface area contributed by atoms with Crippen LogP contribution in [0.25, 0.3) is 0 Å². The van der Waals surface area contributed by atoms with Crippen LogP contribution in [0.3, 0.4) is 0 Å². The quantitative estimate of drug-likeness (QED) is 0.608. The maximum atomic E-state index is 12.4. The van der Waals surface area contributed by atoms with E-state index in [9.17, 15) is 4.79 Å². The Kier molecular flexibility index (Phi) is 6.34. The third-order valence-corrected chi connectivity index (χ3v) is 4.29. The SMILES string of the molecule is COc1ccc(CNc2ccnc(C(=O)Nc3ccc(Cl)cc3)c2)cc1OC. The van der Waals surface area contributed by atoms with Crippen molar-refractivity contribution in [3.05, 3.63) is 77.1 Å². The first-order valence-electron chi connectivity index (χ1n) is 8.57. The molecule has 0 aliphatic heterocycles. The Bertz CT molecular complexity index is 961. The van der Waals surface area contributed by atoms with Crippen molar-refractivity contribution in [1.82, 2.24) is 4.98 Å². The van der Waals surface area contributed by atoms with E-state index in [1.807, 2.05) is 18.2 Å². The number of aromatic nitrogens is 1. The van der Waals surface area contributed by atoms with E-state index in [0.29, 0.717) is 34.4 Å². The van der Waals surface area contributed by atoms with Gasteiger partial charge in [0.25, 0.3) is 5.91 Å². The number of pyridine rings is 1. The van der Waals surface area contributed by atoms with E-state index in [1.54, 1.807) is 56.8 Å². The highest BCUT2D eigenvalue weighted by atomic mass is 35.5. The number of halogens is 1. The predicted molar refractivity (Wildman–Crippen MR) is 111 cm³/mol. The number of nitrogens with zero attached hydrogens (tertiary/aromatic N) is 1. The van der Waals surface area contributed by atoms with Crippen LogP contribution in [0.4, 0.5) is 11.4 Å². The Labute approximate surface area is 168 Å². The van der Waals surface area contributed by atoms with Gasteiger partial charge in [-0.3, -0.25) is 9.78 Å². The van der Waals surface area contributed by atoms with E-state index in [4.69, 9.17) is 21.1 Å². The molecule has 1 aromatic heterocycles. The third-order valence-electron chi connectivity index (χ3n) is 4.04. The van der Waals surface area contributed by atoms with E-state index in [2.05, 4.69) is 15.6 Å². The Morgan fingerprint density at radius 1 is 0.964 bits per heavy atom. The molecule has 1 amide bonds. The number of carbonyl (C=O) groups is 1. The predicted octanol–water partition coefficient (Wildman–Crippen LogP) is 4.62. The van der Waals surface area contributed by atoms with Gasteiger partial charge < -0.3 is 20.1 Å². The largest absolute Gasteiger partial charge is 0.493 e. The molecule has 7 heteroatoms. The second-order valence-electron chi connectivity index (χ2n) is 5.93. The lowest BCUT2D eigenvalue weighted by Gasteiger charge is -2.11. The highest BCUT2D eigenvalue weighted by Crippen LogP contribution is 2.27. The lowest BCUT2D eigenvalue weighted by Crippen LogP contribution is -2.14. The number of nitrogens with one attached hydrogen (secondary N) is 2. The molecular weight excluding hydrogens is 378 g/mol. The van der Waals surface area contributed by atoms with Crippen LogP contribution in [0.2, 0.25) is 5.02 Å². The molecule has 2 N–H and O–H groups in total. The van der Waals surface area contributed by atoms with E-state index in [0.717, 1.165) is 11.3 Å². The fourth-order valence-electron chi connectivity index (χ4n) is 2.59. The zero-order chi connectivity index (χ0) is 19.9. The van der Waals surface area contributed by atoms with Crippen molar-refractivity contribution in [2.75, 3.05) is 24.9 Å². The number of benzene rings is 2. The van der Waals surface area contributed by atoms with Crippen LogP contribution < -0.4 is 20.1 Å². The summed E-state index contributed by atoms with van der Waals surface area (Å²) in [5.74, 6) is 1.05. The molecule has 0 spiro atoms. The van der Waals surface area contributed by atoms with Gasteiger partial charge in [-0.1, -0.05) is 17.7 Å². The number of carbonyl (C=O) groups excluding carboxylic acids is 1. The second-order valence-corrected chi connectivity index (χ2v) is 6.37. The van der Waals surface area contributed by atoms with Gasteiger partial charge in [0, 0.05) is 29.1 Å². The smallest absolute Gasteiger partial charge is 0.274 e. The van der Waals surface area contributed by atoms with E-state index in [1.165, 1.54) is 0 Å². The Morgan fingerprint density at radius 2 is 1.71 bits per heavy atom. The number of ether oxygens (including phenoxy) is 2. The lowest BCUT2D eigenvalue weighted by molar-refractivity contribution is 0.102. The van der Waals surface area contributed by atoms with Crippen molar-refractivity contribution >= 4 is 28.9 Å². The summed E-state index contributed by atoms with van der Waals surface area (Å²) < 4.78 is 10.6. The van der Waals surface area contributed by atoms with Crippen molar-refractivity contribution in [3.63, 3.8) is 0 Å². The lowest BCUT2D eigenvalue weighted by atomic mass is 10.2. The monoisotopic (exact) mass is 397 g/mol. The van der Waals surface area contributed by atoms with Gasteiger partial charge in [0.2, 0.25) is 0 Å². The second kappa shape index (κ2) is 9.10. The molecular formula is C21H20ClN3O3. The average Bonchev–Trinajstić information content (AvgIpc) is 2.73. The van der Waals surface area contributed by atoms with Crippen LogP contribution in [-0.4, -0.2) is 25.1 Å². The molecule has 0 bridgehead atoms. The normalized spacial score (nSPS) is 10.2. The van der Waals surface area contributed by atoms with Crippen LogP contribution in [0, 0.1) is 0 Å². The minimum Gasteiger partial charge on any atom is -0.493 e. The molecule has 0 aliphatic carbocycles. The number of rotatable bonds is 7. The molecule has 0 saturated heterocycles. The summed E-state index contributed by atoms with van der Waals surface area (Å²) in [7, 11) is 3.20. The standard InChI is InChI=1S/C21H20ClN3O3/c1-27-19-8-3-14(11-20(19)28-2)13-24-17-9-10-23-18(12-17)21(26)25-16-6-4-15(22)5-7-16/h3-12H,13H2,1-2H3,(H,23,24)(H,25,26). The Hall–Kier alpha value is -3.25. The molecule has 0 radical (unpaired) electrons. The summed E-state index contributed by atoms with van der Waals surface area (Å²) in [4.78, 5) is 16.6. The van der Waals surface area contributed by atoms with Crippen molar-refractivity contribution < 1.29 is 14.3 Å². The van der Waals surface area contributed by atoms with Crippen LogP contribution >= 0.6 is 11.6 Å². The van der Waals surface area contributed by atoms with Crippen LogP contribution in [-0.2, 0) is 6.54 Å². The number of amides is 1. The van der Waals surface area contributed by atoms with E-state index < -0.39 is 0 Å². The first-order valence-corrected chi connectivity index (χ1v) is 8.94. The fourth-order valence-corrected chi connectivity index (χ4v) is 2.71. The molecule has 28 heavy (non-hydrogen) atoms. The maximum absolute atomic E-state index is 12.4. The van der Waals surface area contributed by atoms with Gasteiger partial charge in [0.1, 0.15) is 5.69 Å². The number of anilines is 2. The molecule has 144 valence electrons. The average molecular weight is 398 g/mol. The van der Waals surface area contributed by atoms with Crippen LogP contribution in [0.15, 0.2) is 60.8 Å². The molecule has 0 fully saturated rings. The molecule has 0 unspecified atom stereocenters. The molecule has 2 aromatic carbocycles. The fraction of sp³-hybridized carbons (Fsp3) is 0.143. The molecule has 6 nitrogen and oxygen atoms in total. The van der Waals surface area contributed by atoms with Crippen molar-refractivity contribution in [3.8, 4) is 11.5 Å². The van der Waals surface area contributed by atoms with Crippen LogP contribution in [0.5, 0.6) is 11.5 Å². The summed E-state index contributed by atoms with van der Waals surface area (Å²) in [6.45, 7) is 0.558. The van der Waals surface area contributed by atoms with Gasteiger partial charge in [-0.25, -0.2) is 0 Å². The summed E-state index contributed by atoms with van der Waals surface area (Å²) in [6.07, 6.45) is 1.59. The van der Waals surface area contributed by atoms with Gasteiger partial charge in [-0.05, 0) is 54.1 Å². The van der Waals surface area contributed by atoms with Gasteiger partial charge >= 0.3 is 0 Å². The van der Waals surface area contributed by atoms with Gasteiger partial charge in [0.15, 0.2) is 11.5 Å². The number of methoxy groups -OCH3 is 2. The van der Waals surface area contributed by atoms with Crippen molar-refractivity contribution in [2.24, 2.45) is 0 Å². The zero-order valence-electron chi connectivity index (χ0n) is 15.5. The van der Waals surface area contributed by atoms with Gasteiger partial charge in [0.05, 0.1) is 14.2 Å². The minimum absolute atomic E-state index is 0.294. The highest BCUT2D eigenvalue weighted by molar-refractivity contribution is 6.30. The van der Waals surface area contributed by atoms with E-state index in [-0.39, 0.29) is 5.91 Å². The third kappa shape index (κ3) is 4.92. The number of hydrogen-bond acceptors (Lipinski definition) is 5. The summed E-state index contributed by atoms with van der Waals surface area (Å²) in [5.41, 5.74) is 2.76. The minimum atomic E-state index is -0.294. The first kappa shape index (κ1) is 19.5. The number of hydrogen-bond donors (Lipinski definition) is 2. The first-order chi connectivity index (χ1) is 13.6. The van der Waals surface area contributed by atoms with Crippen LogP contribution in [0.1, 0.15) is 16.1 Å². The molecule has 0 atom stereocenters. The molecule has 3 aromatic rings. The summed E-state index contributed by atoms with van der Waals surface area (Å²) in [6, 6.07) is 16.1. The van der Waals surface area contributed by atoms with Gasteiger partial charge in [-0.15, -0.1) is 0 Å². The molecule has 0 saturated carbocycles. The van der Waals surface area contributed by atoms with E-state index >= 15 is 0 Å².